The molecule has 0 aliphatic heterocycles. The maximum absolute atomic E-state index is 12.2. The van der Waals surface area contributed by atoms with Crippen molar-refractivity contribution in [3.8, 4) is 11.1 Å². The van der Waals surface area contributed by atoms with Gasteiger partial charge >= 0.3 is 0 Å². The van der Waals surface area contributed by atoms with E-state index in [1.165, 1.54) is 0 Å². The van der Waals surface area contributed by atoms with Crippen LogP contribution < -0.4 is 10.3 Å². The standard InChI is InChI=1S/C17H16N2O2S.H2O/c1-19-11-16(14-8-3-4-9-15(14)17(19)20)12-6-5-7-13(10-12)18-22(2)21;/h3-11,18H,1-2H3;1H2. The quantitative estimate of drug-likeness (QED) is 0.797. The van der Waals surface area contributed by atoms with Gasteiger partial charge in [0.05, 0.1) is 0 Å². The van der Waals surface area contributed by atoms with E-state index < -0.39 is 11.0 Å². The van der Waals surface area contributed by atoms with Gasteiger partial charge in [-0.15, -0.1) is 0 Å². The van der Waals surface area contributed by atoms with Gasteiger partial charge in [0.1, 0.15) is 11.0 Å². The normalized spacial score (nSPS) is 11.7. The number of aromatic nitrogens is 1. The minimum Gasteiger partial charge on any atom is -0.412 e. The van der Waals surface area contributed by atoms with E-state index in [0.717, 1.165) is 22.2 Å². The van der Waals surface area contributed by atoms with Crippen LogP contribution in [0, 0.1) is 0 Å². The molecule has 0 saturated heterocycles. The monoisotopic (exact) mass is 330 g/mol. The molecule has 0 bridgehead atoms. The Labute approximate surface area is 136 Å². The Hall–Kier alpha value is -2.44. The summed E-state index contributed by atoms with van der Waals surface area (Å²) in [6.07, 6.45) is 3.43. The van der Waals surface area contributed by atoms with Crippen molar-refractivity contribution in [3.63, 3.8) is 0 Å². The van der Waals surface area contributed by atoms with Crippen molar-refractivity contribution < 1.29 is 9.69 Å². The summed E-state index contributed by atoms with van der Waals surface area (Å²) >= 11 is 0. The molecule has 1 atom stereocenters. The fourth-order valence-electron chi connectivity index (χ4n) is 2.56. The van der Waals surface area contributed by atoms with E-state index >= 15 is 0 Å². The number of nitrogens with one attached hydrogen (secondary N) is 1. The van der Waals surface area contributed by atoms with Crippen LogP contribution in [0.5, 0.6) is 0 Å². The number of aryl methyl sites for hydroxylation is 1. The van der Waals surface area contributed by atoms with Crippen LogP contribution in [0.15, 0.2) is 59.5 Å². The molecule has 0 spiro atoms. The molecule has 120 valence electrons. The Morgan fingerprint density at radius 3 is 2.43 bits per heavy atom. The molecular formula is C17H18N2O3S. The first-order chi connectivity index (χ1) is 10.6. The van der Waals surface area contributed by atoms with Gasteiger partial charge in [-0.1, -0.05) is 30.3 Å². The number of nitrogens with zero attached hydrogens (tertiary/aromatic N) is 1. The third-order valence-electron chi connectivity index (χ3n) is 3.53. The molecule has 0 aliphatic rings. The zero-order chi connectivity index (χ0) is 15.7. The largest absolute Gasteiger partial charge is 0.412 e. The maximum Gasteiger partial charge on any atom is 0.258 e. The highest BCUT2D eigenvalue weighted by atomic mass is 32.2. The van der Waals surface area contributed by atoms with Crippen molar-refractivity contribution in [2.45, 2.75) is 0 Å². The molecule has 1 heterocycles. The van der Waals surface area contributed by atoms with E-state index in [-0.39, 0.29) is 11.0 Å². The second kappa shape index (κ2) is 6.76. The SMILES string of the molecule is Cn1cc(-c2cccc(NS(C)=O)c2)c2ccccc2c1=O.O. The van der Waals surface area contributed by atoms with Crippen molar-refractivity contribution in [1.82, 2.24) is 4.57 Å². The minimum atomic E-state index is -1.12. The number of benzene rings is 2. The molecule has 0 aliphatic carbocycles. The van der Waals surface area contributed by atoms with Crippen LogP contribution in [0.2, 0.25) is 0 Å². The smallest absolute Gasteiger partial charge is 0.258 e. The summed E-state index contributed by atoms with van der Waals surface area (Å²) in [4.78, 5) is 12.2. The predicted molar refractivity (Wildman–Crippen MR) is 95.9 cm³/mol. The first-order valence-electron chi connectivity index (χ1n) is 6.85. The van der Waals surface area contributed by atoms with Crippen molar-refractivity contribution in [3.05, 3.63) is 65.1 Å². The third-order valence-corrected chi connectivity index (χ3v) is 4.05. The Bertz CT molecular complexity index is 935. The highest BCUT2D eigenvalue weighted by Gasteiger charge is 2.09. The van der Waals surface area contributed by atoms with E-state index in [4.69, 9.17) is 0 Å². The molecule has 3 N–H and O–H groups in total. The Kier molecular flexibility index (Phi) is 4.98. The van der Waals surface area contributed by atoms with E-state index in [2.05, 4.69) is 4.72 Å². The van der Waals surface area contributed by atoms with Crippen molar-refractivity contribution in [2.75, 3.05) is 11.0 Å². The van der Waals surface area contributed by atoms with Crippen molar-refractivity contribution in [2.24, 2.45) is 7.05 Å². The molecule has 1 unspecified atom stereocenters. The zero-order valence-electron chi connectivity index (χ0n) is 12.9. The van der Waals surface area contributed by atoms with Gasteiger partial charge in [-0.05, 0) is 29.1 Å². The van der Waals surface area contributed by atoms with Gasteiger partial charge in [0.15, 0.2) is 0 Å². The average Bonchev–Trinajstić information content (AvgIpc) is 2.50. The van der Waals surface area contributed by atoms with E-state index in [9.17, 15) is 9.00 Å². The molecule has 5 nitrogen and oxygen atoms in total. The number of hydrogen-bond donors (Lipinski definition) is 1. The number of fused-ring (bicyclic) bond motifs is 1. The van der Waals surface area contributed by atoms with Crippen LogP contribution in [-0.2, 0) is 18.0 Å². The third kappa shape index (κ3) is 3.33. The lowest BCUT2D eigenvalue weighted by Crippen LogP contribution is -2.16. The molecule has 1 aromatic heterocycles. The Morgan fingerprint density at radius 2 is 1.74 bits per heavy atom. The summed E-state index contributed by atoms with van der Waals surface area (Å²) in [5, 5.41) is 1.61. The summed E-state index contributed by atoms with van der Waals surface area (Å²) in [7, 11) is 0.630. The van der Waals surface area contributed by atoms with Crippen LogP contribution in [-0.4, -0.2) is 20.5 Å². The molecule has 3 rings (SSSR count). The highest BCUT2D eigenvalue weighted by molar-refractivity contribution is 7.85. The summed E-state index contributed by atoms with van der Waals surface area (Å²) in [5.41, 5.74) is 2.73. The van der Waals surface area contributed by atoms with Crippen LogP contribution in [0.1, 0.15) is 0 Å². The van der Waals surface area contributed by atoms with E-state index in [1.807, 2.05) is 54.7 Å². The van der Waals surface area contributed by atoms with Crippen LogP contribution >= 0.6 is 0 Å². The van der Waals surface area contributed by atoms with Gasteiger partial charge in [-0.3, -0.25) is 4.79 Å². The Morgan fingerprint density at radius 1 is 1.04 bits per heavy atom. The van der Waals surface area contributed by atoms with Gasteiger partial charge < -0.3 is 14.8 Å². The Balaban J connectivity index is 0.00000192. The summed E-state index contributed by atoms with van der Waals surface area (Å²) in [6.45, 7) is 0. The summed E-state index contributed by atoms with van der Waals surface area (Å²) < 4.78 is 15.8. The lowest BCUT2D eigenvalue weighted by molar-refractivity contribution is 0.690. The van der Waals surface area contributed by atoms with Gasteiger partial charge in [0.25, 0.3) is 5.56 Å². The summed E-state index contributed by atoms with van der Waals surface area (Å²) in [6, 6.07) is 15.3. The summed E-state index contributed by atoms with van der Waals surface area (Å²) in [5.74, 6) is 0. The molecule has 0 saturated carbocycles. The first kappa shape index (κ1) is 16.9. The van der Waals surface area contributed by atoms with Gasteiger partial charge in [-0.2, -0.15) is 0 Å². The molecular weight excluding hydrogens is 312 g/mol. The van der Waals surface area contributed by atoms with Gasteiger partial charge in [0, 0.05) is 36.1 Å². The van der Waals surface area contributed by atoms with Crippen LogP contribution in [0.25, 0.3) is 21.9 Å². The molecule has 0 fully saturated rings. The molecule has 3 aromatic rings. The molecule has 6 heteroatoms. The highest BCUT2D eigenvalue weighted by Crippen LogP contribution is 2.28. The van der Waals surface area contributed by atoms with Crippen molar-refractivity contribution in [1.29, 1.82) is 0 Å². The number of rotatable bonds is 3. The number of anilines is 1. The fourth-order valence-corrected chi connectivity index (χ4v) is 3.02. The second-order valence-electron chi connectivity index (χ2n) is 5.14. The molecule has 2 aromatic carbocycles. The van der Waals surface area contributed by atoms with E-state index in [1.54, 1.807) is 17.9 Å². The van der Waals surface area contributed by atoms with Crippen LogP contribution in [0.4, 0.5) is 5.69 Å². The van der Waals surface area contributed by atoms with Gasteiger partial charge in [0.2, 0.25) is 0 Å². The molecule has 23 heavy (non-hydrogen) atoms. The zero-order valence-corrected chi connectivity index (χ0v) is 13.7. The fraction of sp³-hybridized carbons (Fsp3) is 0.118. The van der Waals surface area contributed by atoms with Crippen LogP contribution in [0.3, 0.4) is 0 Å². The average molecular weight is 330 g/mol. The minimum absolute atomic E-state index is 0. The molecule has 0 radical (unpaired) electrons. The number of pyridine rings is 1. The topological polar surface area (TPSA) is 82.6 Å². The lowest BCUT2D eigenvalue weighted by Gasteiger charge is -2.11. The van der Waals surface area contributed by atoms with Gasteiger partial charge in [-0.25, -0.2) is 4.21 Å². The van der Waals surface area contributed by atoms with Crippen molar-refractivity contribution >= 4 is 27.4 Å². The number of hydrogen-bond acceptors (Lipinski definition) is 2. The molecule has 0 amide bonds. The maximum atomic E-state index is 12.2. The predicted octanol–water partition coefficient (Wildman–Crippen LogP) is 2.09. The second-order valence-corrected chi connectivity index (χ2v) is 6.25. The van der Waals surface area contributed by atoms with E-state index in [0.29, 0.717) is 5.39 Å². The first-order valence-corrected chi connectivity index (χ1v) is 8.41. The lowest BCUT2D eigenvalue weighted by atomic mass is 10.0.